The standard InChI is InChI=1S/C16H21NO2/c1-10(11-6-3-4-9-14(11)18)17(2)16(19)15-12-7-5-8-13(12)15/h3-4,6,9-10,12-13,15,18H,5,7-8H2,1-2H3. The molecule has 3 atom stereocenters. The lowest BCUT2D eigenvalue weighted by Gasteiger charge is -2.26. The van der Waals surface area contributed by atoms with Gasteiger partial charge in [-0.3, -0.25) is 4.79 Å². The van der Waals surface area contributed by atoms with Crippen molar-refractivity contribution in [2.24, 2.45) is 17.8 Å². The summed E-state index contributed by atoms with van der Waals surface area (Å²) in [5.74, 6) is 2.07. The average Bonchev–Trinajstić information content (AvgIpc) is 2.89. The summed E-state index contributed by atoms with van der Waals surface area (Å²) in [7, 11) is 1.85. The van der Waals surface area contributed by atoms with Crippen LogP contribution in [-0.4, -0.2) is 23.0 Å². The van der Waals surface area contributed by atoms with Crippen LogP contribution in [0, 0.1) is 17.8 Å². The van der Waals surface area contributed by atoms with Crippen molar-refractivity contribution >= 4 is 5.91 Å². The van der Waals surface area contributed by atoms with E-state index >= 15 is 0 Å². The fourth-order valence-corrected chi connectivity index (χ4v) is 3.66. The van der Waals surface area contributed by atoms with Gasteiger partial charge in [0.2, 0.25) is 5.91 Å². The van der Waals surface area contributed by atoms with Crippen LogP contribution < -0.4 is 0 Å². The molecule has 3 rings (SSSR count). The monoisotopic (exact) mass is 259 g/mol. The normalized spacial score (nSPS) is 29.7. The molecule has 19 heavy (non-hydrogen) atoms. The zero-order chi connectivity index (χ0) is 13.6. The van der Waals surface area contributed by atoms with Gasteiger partial charge in [0.05, 0.1) is 6.04 Å². The van der Waals surface area contributed by atoms with Crippen molar-refractivity contribution in [2.75, 3.05) is 7.05 Å². The highest BCUT2D eigenvalue weighted by Gasteiger charge is 2.57. The van der Waals surface area contributed by atoms with Gasteiger partial charge in [-0.15, -0.1) is 0 Å². The number of amides is 1. The van der Waals surface area contributed by atoms with Crippen molar-refractivity contribution in [3.8, 4) is 5.75 Å². The Morgan fingerprint density at radius 1 is 1.32 bits per heavy atom. The van der Waals surface area contributed by atoms with E-state index in [-0.39, 0.29) is 23.6 Å². The molecular weight excluding hydrogens is 238 g/mol. The second-order valence-corrected chi connectivity index (χ2v) is 5.97. The molecule has 1 N–H and O–H groups in total. The average molecular weight is 259 g/mol. The molecule has 3 nitrogen and oxygen atoms in total. The van der Waals surface area contributed by atoms with Gasteiger partial charge in [-0.2, -0.15) is 0 Å². The van der Waals surface area contributed by atoms with Gasteiger partial charge in [-0.05, 0) is 37.7 Å². The van der Waals surface area contributed by atoms with Crippen molar-refractivity contribution < 1.29 is 9.90 Å². The Balaban J connectivity index is 1.72. The molecule has 102 valence electrons. The molecule has 0 bridgehead atoms. The molecular formula is C16H21NO2. The van der Waals surface area contributed by atoms with Gasteiger partial charge in [-0.1, -0.05) is 24.6 Å². The second-order valence-electron chi connectivity index (χ2n) is 5.97. The lowest BCUT2D eigenvalue weighted by atomic mass is 10.0. The van der Waals surface area contributed by atoms with E-state index in [0.717, 1.165) is 5.56 Å². The van der Waals surface area contributed by atoms with E-state index in [2.05, 4.69) is 0 Å². The maximum absolute atomic E-state index is 12.5. The minimum atomic E-state index is -0.0740. The third kappa shape index (κ3) is 2.01. The van der Waals surface area contributed by atoms with E-state index in [4.69, 9.17) is 0 Å². The van der Waals surface area contributed by atoms with Gasteiger partial charge < -0.3 is 10.0 Å². The number of fused-ring (bicyclic) bond motifs is 1. The summed E-state index contributed by atoms with van der Waals surface area (Å²) in [5.41, 5.74) is 0.823. The fraction of sp³-hybridized carbons (Fsp3) is 0.562. The molecule has 0 saturated heterocycles. The molecule has 0 aliphatic heterocycles. The quantitative estimate of drug-likeness (QED) is 0.906. The highest BCUT2D eigenvalue weighted by atomic mass is 16.3. The molecule has 2 saturated carbocycles. The van der Waals surface area contributed by atoms with Crippen LogP contribution in [0.3, 0.4) is 0 Å². The molecule has 1 aromatic carbocycles. The van der Waals surface area contributed by atoms with E-state index < -0.39 is 0 Å². The Morgan fingerprint density at radius 3 is 2.58 bits per heavy atom. The lowest BCUT2D eigenvalue weighted by molar-refractivity contribution is -0.134. The van der Waals surface area contributed by atoms with Gasteiger partial charge in [0.15, 0.2) is 0 Å². The first-order chi connectivity index (χ1) is 9.11. The Bertz CT molecular complexity index is 489. The van der Waals surface area contributed by atoms with E-state index in [1.807, 2.05) is 26.1 Å². The Hall–Kier alpha value is -1.51. The van der Waals surface area contributed by atoms with Crippen LogP contribution in [0.25, 0.3) is 0 Å². The molecule has 2 fully saturated rings. The molecule has 1 aromatic rings. The highest BCUT2D eigenvalue weighted by Crippen LogP contribution is 2.58. The van der Waals surface area contributed by atoms with E-state index in [9.17, 15) is 9.90 Å². The van der Waals surface area contributed by atoms with Gasteiger partial charge in [0, 0.05) is 18.5 Å². The predicted octanol–water partition coefficient (Wildman–Crippen LogP) is 2.96. The summed E-state index contributed by atoms with van der Waals surface area (Å²) in [6.07, 6.45) is 3.73. The smallest absolute Gasteiger partial charge is 0.226 e. The number of hydrogen-bond donors (Lipinski definition) is 1. The van der Waals surface area contributed by atoms with E-state index in [0.29, 0.717) is 11.8 Å². The van der Waals surface area contributed by atoms with E-state index in [1.54, 1.807) is 17.0 Å². The van der Waals surface area contributed by atoms with Crippen molar-refractivity contribution in [1.29, 1.82) is 0 Å². The number of carbonyl (C=O) groups is 1. The van der Waals surface area contributed by atoms with Crippen molar-refractivity contribution in [2.45, 2.75) is 32.2 Å². The summed E-state index contributed by atoms with van der Waals surface area (Å²) >= 11 is 0. The number of phenolic OH excluding ortho intramolecular Hbond substituents is 1. The number of hydrogen-bond acceptors (Lipinski definition) is 2. The largest absolute Gasteiger partial charge is 0.508 e. The van der Waals surface area contributed by atoms with Crippen LogP contribution in [0.15, 0.2) is 24.3 Å². The molecule has 1 amide bonds. The molecule has 2 aliphatic carbocycles. The summed E-state index contributed by atoms with van der Waals surface area (Å²) in [6.45, 7) is 1.98. The summed E-state index contributed by atoms with van der Waals surface area (Å²) in [4.78, 5) is 14.3. The van der Waals surface area contributed by atoms with Crippen LogP contribution in [-0.2, 0) is 4.79 Å². The van der Waals surface area contributed by atoms with E-state index in [1.165, 1.54) is 19.3 Å². The molecule has 3 heteroatoms. The Kier molecular flexibility index (Phi) is 3.00. The van der Waals surface area contributed by atoms with Crippen molar-refractivity contribution in [3.05, 3.63) is 29.8 Å². The van der Waals surface area contributed by atoms with Crippen LogP contribution >= 0.6 is 0 Å². The van der Waals surface area contributed by atoms with Gasteiger partial charge >= 0.3 is 0 Å². The number of para-hydroxylation sites is 1. The maximum atomic E-state index is 12.5. The van der Waals surface area contributed by atoms with Gasteiger partial charge in [-0.25, -0.2) is 0 Å². The minimum absolute atomic E-state index is 0.0740. The zero-order valence-corrected chi connectivity index (χ0v) is 11.5. The third-order valence-electron chi connectivity index (χ3n) is 5.01. The fourth-order valence-electron chi connectivity index (χ4n) is 3.66. The second kappa shape index (κ2) is 4.55. The van der Waals surface area contributed by atoms with Crippen LogP contribution in [0.4, 0.5) is 0 Å². The first kappa shape index (κ1) is 12.5. The summed E-state index contributed by atoms with van der Waals surface area (Å²) in [6, 6.07) is 7.19. The number of aromatic hydroxyl groups is 1. The molecule has 3 unspecified atom stereocenters. The maximum Gasteiger partial charge on any atom is 0.226 e. The minimum Gasteiger partial charge on any atom is -0.508 e. The predicted molar refractivity (Wildman–Crippen MR) is 73.6 cm³/mol. The van der Waals surface area contributed by atoms with Gasteiger partial charge in [0.1, 0.15) is 5.75 Å². The Morgan fingerprint density at radius 2 is 1.95 bits per heavy atom. The number of nitrogens with zero attached hydrogens (tertiary/aromatic N) is 1. The number of phenols is 1. The summed E-state index contributed by atoms with van der Waals surface area (Å²) in [5, 5.41) is 9.89. The SMILES string of the molecule is CC(c1ccccc1O)N(C)C(=O)C1C2CCCC21. The first-order valence-corrected chi connectivity index (χ1v) is 7.16. The van der Waals surface area contributed by atoms with Crippen molar-refractivity contribution in [1.82, 2.24) is 4.90 Å². The highest BCUT2D eigenvalue weighted by molar-refractivity contribution is 5.82. The number of benzene rings is 1. The first-order valence-electron chi connectivity index (χ1n) is 7.16. The molecule has 0 aromatic heterocycles. The van der Waals surface area contributed by atoms with Gasteiger partial charge in [0.25, 0.3) is 0 Å². The molecule has 0 spiro atoms. The summed E-state index contributed by atoms with van der Waals surface area (Å²) < 4.78 is 0. The van der Waals surface area contributed by atoms with Crippen LogP contribution in [0.1, 0.15) is 37.8 Å². The van der Waals surface area contributed by atoms with Crippen LogP contribution in [0.5, 0.6) is 5.75 Å². The molecule has 2 aliphatic rings. The number of carbonyl (C=O) groups excluding carboxylic acids is 1. The Labute approximate surface area is 114 Å². The molecule has 0 heterocycles. The van der Waals surface area contributed by atoms with Crippen LogP contribution in [0.2, 0.25) is 0 Å². The zero-order valence-electron chi connectivity index (χ0n) is 11.5. The lowest BCUT2D eigenvalue weighted by Crippen LogP contribution is -2.32. The molecule has 0 radical (unpaired) electrons. The third-order valence-corrected chi connectivity index (χ3v) is 5.01. The van der Waals surface area contributed by atoms with Crippen molar-refractivity contribution in [3.63, 3.8) is 0 Å². The topological polar surface area (TPSA) is 40.5 Å². The number of rotatable bonds is 3.